The van der Waals surface area contributed by atoms with E-state index in [0.29, 0.717) is 50.6 Å². The summed E-state index contributed by atoms with van der Waals surface area (Å²) < 4.78 is 56.2. The maximum absolute atomic E-state index is 13.0. The van der Waals surface area contributed by atoms with Gasteiger partial charge in [0, 0.05) is 107 Å². The molecule has 0 radical (unpaired) electrons. The van der Waals surface area contributed by atoms with Gasteiger partial charge < -0.3 is 68.1 Å². The van der Waals surface area contributed by atoms with Crippen molar-refractivity contribution >= 4 is 45.5 Å². The molecule has 2 amide bonds. The number of carbonyl (C=O) groups is 2. The van der Waals surface area contributed by atoms with Crippen molar-refractivity contribution in [1.29, 1.82) is 0 Å². The van der Waals surface area contributed by atoms with Gasteiger partial charge in [-0.05, 0) is 153 Å². The number of aromatic nitrogens is 8. The number of nitrogens with zero attached hydrogens (tertiary/aromatic N) is 12. The topological polar surface area (TPSA) is 232 Å². The highest BCUT2D eigenvalue weighted by molar-refractivity contribution is 7.10. The smallest absolute Gasteiger partial charge is 0.410 e. The third-order valence-electron chi connectivity index (χ3n) is 13.3. The largest absolute Gasteiger partial charge is 0.454 e. The first-order chi connectivity index (χ1) is 42.5. The second kappa shape index (κ2) is 32.9. The highest BCUT2D eigenvalue weighted by atomic mass is 32.1. The second-order valence-corrected chi connectivity index (χ2v) is 24.5. The van der Waals surface area contributed by atoms with Crippen molar-refractivity contribution in [3.63, 3.8) is 0 Å². The van der Waals surface area contributed by atoms with Crippen LogP contribution in [0, 0.1) is 0 Å². The van der Waals surface area contributed by atoms with Crippen molar-refractivity contribution in [2.45, 2.75) is 132 Å². The second-order valence-electron chi connectivity index (χ2n) is 23.0. The van der Waals surface area contributed by atoms with Gasteiger partial charge >= 0.3 is 12.2 Å². The van der Waals surface area contributed by atoms with Crippen LogP contribution in [0.25, 0.3) is 11.9 Å². The van der Waals surface area contributed by atoms with E-state index in [2.05, 4.69) is 76.0 Å². The number of carbonyl (C=O) groups excluding carboxylic acids is 2. The van der Waals surface area contributed by atoms with Gasteiger partial charge in [0.25, 0.3) is 0 Å². The van der Waals surface area contributed by atoms with Crippen LogP contribution >= 0.6 is 23.1 Å². The SMILES string of the molecule is CCCN(CCCN(Cc1ccc2c(c1)OCO2)C(=O)OC(C)(C)C)c1nc(-n2ccnc2)ns1.CCCN(CCCNCc1ccc2c(c1)OCO2)c1nc(-n2ccnc2)ns1.CCCNCCCN(Cc1ccc2c(c1)OCO2)C(=O)OC(C)(C)C. The van der Waals surface area contributed by atoms with E-state index >= 15 is 0 Å². The van der Waals surface area contributed by atoms with Crippen LogP contribution in [0.5, 0.6) is 34.5 Å². The number of nitrogens with one attached hydrogen (secondary N) is 2. The Bertz CT molecular complexity index is 3220. The standard InChI is InChI=1S/C24H32N6O4S.C19H24N6O2S.C19H30N2O4/c1-5-10-28(22-26-21(27-35-22)30-13-9-25-16-30)11-6-12-29(23(31)34-24(2,3)4)15-18-7-8-19-20(14-18)33-17-32-19;1-2-8-24(19-22-18(23-28-19)25-10-7-21-13-25)9-3-6-20-12-15-4-5-16-17(11-15)27-14-26-16;1-5-9-20-10-6-11-21(18(22)25-19(2,3)4)13-15-7-8-16-17(12-15)24-14-23-16/h7-9,13-14,16H,5-6,10-12,15,17H2,1-4H3;4-5,7,10-11,13,20H,2-3,6,8-9,12,14H2,1H3;7-8,12,20H,5-6,9-11,13-14H2,1-4H3. The first-order valence-corrected chi connectivity index (χ1v) is 31.8. The van der Waals surface area contributed by atoms with Crippen molar-refractivity contribution in [2.24, 2.45) is 0 Å². The molecule has 3 aliphatic heterocycles. The Morgan fingerprint density at radius 1 is 0.523 bits per heavy atom. The minimum atomic E-state index is -0.575. The monoisotopic (exact) mass is 1250 g/mol. The summed E-state index contributed by atoms with van der Waals surface area (Å²) in [7, 11) is 0. The molecule has 0 saturated carbocycles. The third-order valence-corrected chi connectivity index (χ3v) is 14.9. The van der Waals surface area contributed by atoms with Crippen LogP contribution in [-0.4, -0.2) is 150 Å². The number of ether oxygens (including phenoxy) is 8. The Morgan fingerprint density at radius 2 is 0.943 bits per heavy atom. The van der Waals surface area contributed by atoms with Crippen molar-refractivity contribution in [2.75, 3.05) is 89.1 Å². The molecule has 476 valence electrons. The van der Waals surface area contributed by atoms with Gasteiger partial charge in [0.1, 0.15) is 23.9 Å². The molecule has 2 N–H and O–H groups in total. The molecule has 3 aliphatic rings. The molecule has 26 heteroatoms. The first-order valence-electron chi connectivity index (χ1n) is 30.2. The van der Waals surface area contributed by atoms with E-state index in [-0.39, 0.29) is 25.8 Å². The van der Waals surface area contributed by atoms with E-state index in [1.54, 1.807) is 39.4 Å². The fourth-order valence-electron chi connectivity index (χ4n) is 9.25. The Morgan fingerprint density at radius 3 is 1.39 bits per heavy atom. The molecule has 0 saturated heterocycles. The quantitative estimate of drug-likeness (QED) is 0.0434. The first kappa shape index (κ1) is 66.0. The summed E-state index contributed by atoms with van der Waals surface area (Å²) >= 11 is 2.81. The fourth-order valence-corrected chi connectivity index (χ4v) is 10.7. The molecule has 0 fully saturated rings. The van der Waals surface area contributed by atoms with Crippen LogP contribution in [0.1, 0.15) is 118 Å². The van der Waals surface area contributed by atoms with E-state index < -0.39 is 11.2 Å². The van der Waals surface area contributed by atoms with Crippen LogP contribution < -0.4 is 48.9 Å². The van der Waals surface area contributed by atoms with Crippen molar-refractivity contribution < 1.29 is 47.5 Å². The number of hydrogen-bond donors (Lipinski definition) is 2. The number of rotatable bonds is 28. The van der Waals surface area contributed by atoms with E-state index in [4.69, 9.17) is 37.9 Å². The lowest BCUT2D eigenvalue weighted by Crippen LogP contribution is -2.38. The Balaban J connectivity index is 0.000000174. The lowest BCUT2D eigenvalue weighted by Gasteiger charge is -2.28. The van der Waals surface area contributed by atoms with Crippen LogP contribution in [0.2, 0.25) is 0 Å². The van der Waals surface area contributed by atoms with Gasteiger partial charge in [-0.15, -0.1) is 0 Å². The molecular formula is C62H86N14O10S2. The highest BCUT2D eigenvalue weighted by Gasteiger charge is 2.26. The normalized spacial score (nSPS) is 12.6. The zero-order chi connectivity index (χ0) is 62.3. The molecule has 0 atom stereocenters. The summed E-state index contributed by atoms with van der Waals surface area (Å²) in [5, 5.41) is 8.68. The van der Waals surface area contributed by atoms with E-state index in [1.807, 2.05) is 107 Å². The zero-order valence-corrected chi connectivity index (χ0v) is 53.9. The highest BCUT2D eigenvalue weighted by Crippen LogP contribution is 2.35. The van der Waals surface area contributed by atoms with Crippen LogP contribution in [0.3, 0.4) is 0 Å². The molecule has 7 aromatic rings. The Kier molecular flexibility index (Phi) is 24.7. The van der Waals surface area contributed by atoms with Crippen LogP contribution in [0.4, 0.5) is 19.9 Å². The summed E-state index contributed by atoms with van der Waals surface area (Å²) in [6.07, 6.45) is 15.7. The average Bonchev–Trinajstić information content (AvgIpc) is 4.02. The molecule has 0 bridgehead atoms. The number of hydrogen-bond acceptors (Lipinski definition) is 22. The zero-order valence-electron chi connectivity index (χ0n) is 52.3. The summed E-state index contributed by atoms with van der Waals surface area (Å²) in [5.41, 5.74) is 2.07. The Hall–Kier alpha value is -7.94. The maximum atomic E-state index is 13.0. The minimum Gasteiger partial charge on any atom is -0.454 e. The van der Waals surface area contributed by atoms with Gasteiger partial charge in [-0.3, -0.25) is 9.13 Å². The molecule has 3 aromatic carbocycles. The molecule has 88 heavy (non-hydrogen) atoms. The maximum Gasteiger partial charge on any atom is 0.410 e. The molecule has 4 aromatic heterocycles. The molecule has 0 aliphatic carbocycles. The predicted octanol–water partition coefficient (Wildman–Crippen LogP) is 10.9. The van der Waals surface area contributed by atoms with E-state index in [0.717, 1.165) is 141 Å². The van der Waals surface area contributed by atoms with Crippen molar-refractivity contribution in [3.05, 3.63) is 109 Å². The number of fused-ring (bicyclic) bond motifs is 3. The summed E-state index contributed by atoms with van der Waals surface area (Å²) in [6, 6.07) is 17.6. The lowest BCUT2D eigenvalue weighted by atomic mass is 10.2. The van der Waals surface area contributed by atoms with Gasteiger partial charge in [0.15, 0.2) is 34.5 Å². The number of anilines is 2. The van der Waals surface area contributed by atoms with Gasteiger partial charge in [0.2, 0.25) is 42.5 Å². The van der Waals surface area contributed by atoms with Gasteiger partial charge in [-0.2, -0.15) is 18.7 Å². The van der Waals surface area contributed by atoms with E-state index in [1.165, 1.54) is 28.6 Å². The number of benzene rings is 3. The predicted molar refractivity (Wildman–Crippen MR) is 339 cm³/mol. The number of amides is 2. The van der Waals surface area contributed by atoms with Crippen LogP contribution in [-0.2, 0) is 29.1 Å². The lowest BCUT2D eigenvalue weighted by molar-refractivity contribution is 0.0222. The van der Waals surface area contributed by atoms with Gasteiger partial charge in [-0.1, -0.05) is 39.0 Å². The summed E-state index contributed by atoms with van der Waals surface area (Å²) in [6.45, 7) is 27.7. The third kappa shape index (κ3) is 20.6. The van der Waals surface area contributed by atoms with Crippen molar-refractivity contribution in [1.82, 2.24) is 58.3 Å². The Labute approximate surface area is 524 Å². The van der Waals surface area contributed by atoms with Gasteiger partial charge in [0.05, 0.1) is 0 Å². The molecule has 24 nitrogen and oxygen atoms in total. The molecule has 10 rings (SSSR count). The van der Waals surface area contributed by atoms with E-state index in [9.17, 15) is 9.59 Å². The number of imidazole rings is 2. The molecule has 0 spiro atoms. The molecular weight excluding hydrogens is 1160 g/mol. The molecule has 7 heterocycles. The van der Waals surface area contributed by atoms with Gasteiger partial charge in [-0.25, -0.2) is 19.6 Å². The van der Waals surface area contributed by atoms with Crippen LogP contribution in [0.15, 0.2) is 92.0 Å². The summed E-state index contributed by atoms with van der Waals surface area (Å²) in [4.78, 5) is 51.0. The minimum absolute atomic E-state index is 0.218. The summed E-state index contributed by atoms with van der Waals surface area (Å²) in [5.74, 6) is 5.85. The van der Waals surface area contributed by atoms with Crippen molar-refractivity contribution in [3.8, 4) is 46.4 Å². The fraction of sp³-hybridized carbons (Fsp3) is 0.516. The average molecular weight is 1250 g/mol. The molecule has 0 unspecified atom stereocenters.